The van der Waals surface area contributed by atoms with Crippen LogP contribution in [0.1, 0.15) is 31.0 Å². The van der Waals surface area contributed by atoms with Crippen LogP contribution in [0.3, 0.4) is 0 Å². The van der Waals surface area contributed by atoms with Gasteiger partial charge in [-0.3, -0.25) is 9.69 Å². The zero-order valence-corrected chi connectivity index (χ0v) is 15.7. The molecule has 2 fully saturated rings. The highest BCUT2D eigenvalue weighted by atomic mass is 32.1. The molecule has 3 heterocycles. The fraction of sp³-hybridized carbons (Fsp3) is 0.474. The van der Waals surface area contributed by atoms with Gasteiger partial charge in [-0.05, 0) is 31.9 Å². The molecule has 2 atom stereocenters. The van der Waals surface area contributed by atoms with Gasteiger partial charge in [0.15, 0.2) is 0 Å². The molecular weight excluding hydrogens is 375 g/mol. The molecule has 1 aromatic heterocycles. The normalized spacial score (nSPS) is 23.7. The van der Waals surface area contributed by atoms with Gasteiger partial charge in [0.1, 0.15) is 5.01 Å². The van der Waals surface area contributed by atoms with Gasteiger partial charge in [0, 0.05) is 36.6 Å². The van der Waals surface area contributed by atoms with E-state index in [1.54, 1.807) is 0 Å². The van der Waals surface area contributed by atoms with Crippen molar-refractivity contribution in [2.75, 3.05) is 13.1 Å². The number of nitrogens with zero attached hydrogens (tertiary/aromatic N) is 3. The number of thiazole rings is 1. The van der Waals surface area contributed by atoms with Crippen LogP contribution in [0, 0.1) is 0 Å². The van der Waals surface area contributed by atoms with Crippen molar-refractivity contribution in [3.63, 3.8) is 0 Å². The van der Waals surface area contributed by atoms with E-state index in [4.69, 9.17) is 0 Å². The predicted octanol–water partition coefficient (Wildman–Crippen LogP) is 4.02. The summed E-state index contributed by atoms with van der Waals surface area (Å²) in [6, 6.07) is 5.19. The maximum atomic E-state index is 12.7. The van der Waals surface area contributed by atoms with Crippen LogP contribution in [0.25, 0.3) is 10.6 Å². The van der Waals surface area contributed by atoms with Gasteiger partial charge >= 0.3 is 6.18 Å². The summed E-state index contributed by atoms with van der Waals surface area (Å²) in [6.45, 7) is 4.21. The monoisotopic (exact) mass is 395 g/mol. The minimum Gasteiger partial charge on any atom is -0.337 e. The Morgan fingerprint density at radius 3 is 2.70 bits per heavy atom. The van der Waals surface area contributed by atoms with Crippen LogP contribution in [-0.4, -0.2) is 45.9 Å². The highest BCUT2D eigenvalue weighted by Crippen LogP contribution is 2.32. The summed E-state index contributed by atoms with van der Waals surface area (Å²) < 4.78 is 38.1. The van der Waals surface area contributed by atoms with Gasteiger partial charge in [0.25, 0.3) is 0 Å². The number of amides is 1. The molecule has 1 amide bonds. The largest absolute Gasteiger partial charge is 0.416 e. The Bertz CT molecular complexity index is 833. The number of alkyl halides is 3. The summed E-state index contributed by atoms with van der Waals surface area (Å²) >= 11 is 1.41. The number of halogens is 3. The van der Waals surface area contributed by atoms with E-state index in [2.05, 4.69) is 9.88 Å². The molecule has 2 aliphatic rings. The van der Waals surface area contributed by atoms with Gasteiger partial charge < -0.3 is 4.90 Å². The van der Waals surface area contributed by atoms with E-state index in [-0.39, 0.29) is 11.9 Å². The lowest BCUT2D eigenvalue weighted by Gasteiger charge is -2.41. The maximum Gasteiger partial charge on any atom is 0.416 e. The first kappa shape index (κ1) is 18.4. The number of hydrogen-bond acceptors (Lipinski definition) is 4. The molecule has 0 spiro atoms. The van der Waals surface area contributed by atoms with Crippen LogP contribution >= 0.6 is 11.3 Å². The standard InChI is InChI=1S/C19H20F3N3OS/c1-12-18(26)25-8-2-3-16(25)10-24(12)9-15-11-27-17(23-15)13-4-6-14(7-5-13)19(20,21)22/h4-7,11-12,16H,2-3,8-10H2,1H3/t12-,16+/m1/s1. The van der Waals surface area contributed by atoms with Crippen molar-refractivity contribution < 1.29 is 18.0 Å². The zero-order chi connectivity index (χ0) is 19.2. The van der Waals surface area contributed by atoms with Crippen LogP contribution in [0.5, 0.6) is 0 Å². The molecule has 4 rings (SSSR count). The second-order valence-corrected chi connectivity index (χ2v) is 8.01. The Balaban J connectivity index is 1.47. The zero-order valence-electron chi connectivity index (χ0n) is 14.9. The number of piperazine rings is 1. The van der Waals surface area contributed by atoms with E-state index in [0.717, 1.165) is 43.8 Å². The summed E-state index contributed by atoms with van der Waals surface area (Å²) in [5.41, 5.74) is 0.856. The Kier molecular flexibility index (Phi) is 4.71. The Morgan fingerprint density at radius 1 is 1.26 bits per heavy atom. The van der Waals surface area contributed by atoms with Crippen LogP contribution in [0.2, 0.25) is 0 Å². The Hall–Kier alpha value is -1.93. The number of carbonyl (C=O) groups is 1. The minimum atomic E-state index is -4.34. The lowest BCUT2D eigenvalue weighted by Crippen LogP contribution is -2.58. The number of carbonyl (C=O) groups excluding carboxylic acids is 1. The van der Waals surface area contributed by atoms with Crippen molar-refractivity contribution in [2.45, 2.75) is 44.6 Å². The summed E-state index contributed by atoms with van der Waals surface area (Å²) in [7, 11) is 0. The molecular formula is C19H20F3N3OS. The van der Waals surface area contributed by atoms with E-state index in [1.807, 2.05) is 17.2 Å². The first-order valence-corrected chi connectivity index (χ1v) is 9.87. The smallest absolute Gasteiger partial charge is 0.337 e. The van der Waals surface area contributed by atoms with E-state index in [1.165, 1.54) is 23.5 Å². The van der Waals surface area contributed by atoms with Gasteiger partial charge in [0.2, 0.25) is 5.91 Å². The fourth-order valence-electron chi connectivity index (χ4n) is 3.86. The number of hydrogen-bond donors (Lipinski definition) is 0. The van der Waals surface area contributed by atoms with Crippen LogP contribution in [0.4, 0.5) is 13.2 Å². The first-order valence-electron chi connectivity index (χ1n) is 8.99. The van der Waals surface area contributed by atoms with Gasteiger partial charge in [0.05, 0.1) is 17.3 Å². The quantitative estimate of drug-likeness (QED) is 0.788. The number of benzene rings is 1. The molecule has 4 nitrogen and oxygen atoms in total. The lowest BCUT2D eigenvalue weighted by atomic mass is 10.1. The molecule has 2 aromatic rings. The third-order valence-corrected chi connectivity index (χ3v) is 6.33. The third-order valence-electron chi connectivity index (χ3n) is 5.39. The second-order valence-electron chi connectivity index (χ2n) is 7.15. The summed E-state index contributed by atoms with van der Waals surface area (Å²) in [5.74, 6) is 0.182. The Morgan fingerprint density at radius 2 is 2.00 bits per heavy atom. The molecule has 0 aliphatic carbocycles. The maximum absolute atomic E-state index is 12.7. The molecule has 8 heteroatoms. The van der Waals surface area contributed by atoms with E-state index in [0.29, 0.717) is 23.2 Å². The lowest BCUT2D eigenvalue weighted by molar-refractivity contribution is -0.143. The van der Waals surface area contributed by atoms with E-state index in [9.17, 15) is 18.0 Å². The topological polar surface area (TPSA) is 36.4 Å². The SMILES string of the molecule is C[C@@H]1C(=O)N2CCC[C@H]2CN1Cc1csc(-c2ccc(C(F)(F)F)cc2)n1. The van der Waals surface area contributed by atoms with Crippen molar-refractivity contribution in [1.29, 1.82) is 0 Å². The second kappa shape index (κ2) is 6.91. The average molecular weight is 395 g/mol. The number of rotatable bonds is 3. The highest BCUT2D eigenvalue weighted by Gasteiger charge is 2.40. The molecule has 0 N–H and O–H groups in total. The van der Waals surface area contributed by atoms with Gasteiger partial charge in [-0.25, -0.2) is 4.98 Å². The van der Waals surface area contributed by atoms with Crippen LogP contribution < -0.4 is 0 Å². The molecule has 144 valence electrons. The number of fused-ring (bicyclic) bond motifs is 1. The summed E-state index contributed by atoms with van der Waals surface area (Å²) in [6.07, 6.45) is -2.23. The average Bonchev–Trinajstić information content (AvgIpc) is 3.28. The van der Waals surface area contributed by atoms with Crippen LogP contribution in [-0.2, 0) is 17.5 Å². The summed E-state index contributed by atoms with van der Waals surface area (Å²) in [4.78, 5) is 21.3. The van der Waals surface area contributed by atoms with Crippen molar-refractivity contribution in [3.8, 4) is 10.6 Å². The first-order chi connectivity index (χ1) is 12.8. The van der Waals surface area contributed by atoms with Crippen molar-refractivity contribution in [3.05, 3.63) is 40.9 Å². The highest BCUT2D eigenvalue weighted by molar-refractivity contribution is 7.13. The molecule has 0 bridgehead atoms. The molecule has 1 aromatic carbocycles. The number of aromatic nitrogens is 1. The van der Waals surface area contributed by atoms with Crippen molar-refractivity contribution in [2.24, 2.45) is 0 Å². The minimum absolute atomic E-state index is 0.171. The molecule has 0 saturated carbocycles. The molecule has 27 heavy (non-hydrogen) atoms. The van der Waals surface area contributed by atoms with Gasteiger partial charge in [-0.2, -0.15) is 13.2 Å². The predicted molar refractivity (Wildman–Crippen MR) is 97.2 cm³/mol. The molecule has 2 saturated heterocycles. The van der Waals surface area contributed by atoms with Crippen LogP contribution in [0.15, 0.2) is 29.6 Å². The third kappa shape index (κ3) is 3.60. The van der Waals surface area contributed by atoms with Crippen molar-refractivity contribution >= 4 is 17.2 Å². The Labute approximate surface area is 159 Å². The van der Waals surface area contributed by atoms with Gasteiger partial charge in [-0.1, -0.05) is 12.1 Å². The molecule has 0 unspecified atom stereocenters. The fourth-order valence-corrected chi connectivity index (χ4v) is 4.68. The summed E-state index contributed by atoms with van der Waals surface area (Å²) in [5, 5.41) is 2.61. The van der Waals surface area contributed by atoms with Gasteiger partial charge in [-0.15, -0.1) is 11.3 Å². The van der Waals surface area contributed by atoms with E-state index >= 15 is 0 Å². The van der Waals surface area contributed by atoms with E-state index < -0.39 is 11.7 Å². The molecule has 2 aliphatic heterocycles. The molecule has 0 radical (unpaired) electrons. The van der Waals surface area contributed by atoms with Crippen molar-refractivity contribution in [1.82, 2.24) is 14.8 Å².